The molecule has 1 N–H and O–H groups in total. The first kappa shape index (κ1) is 16.2. The molecule has 5 heteroatoms. The van der Waals surface area contributed by atoms with Crippen molar-refractivity contribution in [3.8, 4) is 0 Å². The van der Waals surface area contributed by atoms with Crippen molar-refractivity contribution in [1.82, 2.24) is 4.90 Å². The van der Waals surface area contributed by atoms with Crippen LogP contribution in [0.15, 0.2) is 54.6 Å². The zero-order valence-corrected chi connectivity index (χ0v) is 13.9. The van der Waals surface area contributed by atoms with Crippen molar-refractivity contribution in [2.24, 2.45) is 0 Å². The van der Waals surface area contributed by atoms with Gasteiger partial charge in [-0.1, -0.05) is 42.5 Å². The molecule has 0 spiro atoms. The van der Waals surface area contributed by atoms with Crippen LogP contribution >= 0.6 is 0 Å². The molecule has 1 aliphatic rings. The molecule has 0 saturated carbocycles. The number of hydrogen-bond acceptors (Lipinski definition) is 3. The zero-order chi connectivity index (χ0) is 17.1. The molecule has 0 radical (unpaired) electrons. The lowest BCUT2D eigenvalue weighted by atomic mass is 10.1. The molecule has 0 aliphatic carbocycles. The molecule has 5 nitrogen and oxygen atoms in total. The van der Waals surface area contributed by atoms with Gasteiger partial charge in [0, 0.05) is 6.54 Å². The van der Waals surface area contributed by atoms with E-state index in [1.54, 1.807) is 4.90 Å². The first-order valence-electron chi connectivity index (χ1n) is 8.00. The predicted molar refractivity (Wildman–Crippen MR) is 94.8 cm³/mol. The standard InChI is InChI=1S/C19H21N3O2/c1-14(21(2)12-15-8-4-3-5-9-15)19(24)22-13-18(23)20-16-10-6-7-11-17(16)22/h3-11,14H,12-13H2,1-2H3,(H,20,23)/t14-/m0/s1. The topological polar surface area (TPSA) is 52.7 Å². The lowest BCUT2D eigenvalue weighted by Gasteiger charge is -2.33. The molecule has 124 valence electrons. The molecular formula is C19H21N3O2. The lowest BCUT2D eigenvalue weighted by molar-refractivity contribution is -0.125. The Balaban J connectivity index is 1.77. The third-order valence-electron chi connectivity index (χ3n) is 4.33. The first-order chi connectivity index (χ1) is 11.6. The van der Waals surface area contributed by atoms with Crippen LogP contribution in [0, 0.1) is 0 Å². The van der Waals surface area contributed by atoms with E-state index in [1.807, 2.05) is 73.5 Å². The predicted octanol–water partition coefficient (Wildman–Crippen LogP) is 2.49. The molecule has 0 aromatic heterocycles. The number of hydrogen-bond donors (Lipinski definition) is 1. The van der Waals surface area contributed by atoms with Crippen molar-refractivity contribution in [2.75, 3.05) is 23.8 Å². The van der Waals surface area contributed by atoms with Gasteiger partial charge in [-0.3, -0.25) is 19.4 Å². The maximum atomic E-state index is 12.9. The number of nitrogens with zero attached hydrogens (tertiary/aromatic N) is 2. The number of rotatable bonds is 4. The highest BCUT2D eigenvalue weighted by atomic mass is 16.2. The summed E-state index contributed by atoms with van der Waals surface area (Å²) in [5, 5.41) is 2.81. The van der Waals surface area contributed by atoms with Gasteiger partial charge in [0.1, 0.15) is 6.54 Å². The number of amides is 2. The minimum absolute atomic E-state index is 0.0549. The summed E-state index contributed by atoms with van der Waals surface area (Å²) < 4.78 is 0. The third-order valence-corrected chi connectivity index (χ3v) is 4.33. The van der Waals surface area contributed by atoms with Gasteiger partial charge >= 0.3 is 0 Å². The summed E-state index contributed by atoms with van der Waals surface area (Å²) in [6.45, 7) is 2.61. The summed E-state index contributed by atoms with van der Waals surface area (Å²) in [6.07, 6.45) is 0. The molecule has 0 unspecified atom stereocenters. The van der Waals surface area contributed by atoms with Gasteiger partial charge in [0.25, 0.3) is 0 Å². The van der Waals surface area contributed by atoms with Crippen molar-refractivity contribution >= 4 is 23.2 Å². The average Bonchev–Trinajstić information content (AvgIpc) is 2.60. The molecule has 3 rings (SSSR count). The fourth-order valence-electron chi connectivity index (χ4n) is 2.85. The largest absolute Gasteiger partial charge is 0.323 e. The highest BCUT2D eigenvalue weighted by Crippen LogP contribution is 2.29. The molecule has 24 heavy (non-hydrogen) atoms. The van der Waals surface area contributed by atoms with Crippen LogP contribution in [-0.2, 0) is 16.1 Å². The van der Waals surface area contributed by atoms with E-state index in [2.05, 4.69) is 5.32 Å². The second-order valence-electron chi connectivity index (χ2n) is 6.07. The lowest BCUT2D eigenvalue weighted by Crippen LogP contribution is -2.50. The fraction of sp³-hybridized carbons (Fsp3) is 0.263. The molecule has 0 bridgehead atoms. The van der Waals surface area contributed by atoms with E-state index in [9.17, 15) is 9.59 Å². The molecule has 2 amide bonds. The number of nitrogens with one attached hydrogen (secondary N) is 1. The van der Waals surface area contributed by atoms with Crippen molar-refractivity contribution in [3.05, 3.63) is 60.2 Å². The van der Waals surface area contributed by atoms with E-state index >= 15 is 0 Å². The summed E-state index contributed by atoms with van der Waals surface area (Å²) in [6, 6.07) is 17.1. The van der Waals surface area contributed by atoms with Gasteiger partial charge in [0.05, 0.1) is 17.4 Å². The zero-order valence-electron chi connectivity index (χ0n) is 13.9. The first-order valence-corrected chi connectivity index (χ1v) is 8.00. The van der Waals surface area contributed by atoms with Crippen LogP contribution in [0.3, 0.4) is 0 Å². The Labute approximate surface area is 141 Å². The number of benzene rings is 2. The van der Waals surface area contributed by atoms with Gasteiger partial charge in [0.2, 0.25) is 11.8 Å². The molecular weight excluding hydrogens is 302 g/mol. The number of para-hydroxylation sites is 2. The SMILES string of the molecule is C[C@@H](C(=O)N1CC(=O)Nc2ccccc21)N(C)Cc1ccccc1. The molecule has 2 aromatic rings. The van der Waals surface area contributed by atoms with Crippen LogP contribution in [-0.4, -0.2) is 36.3 Å². The van der Waals surface area contributed by atoms with E-state index in [0.29, 0.717) is 12.2 Å². The Hall–Kier alpha value is -2.66. The minimum atomic E-state index is -0.329. The van der Waals surface area contributed by atoms with Gasteiger partial charge < -0.3 is 5.32 Å². The van der Waals surface area contributed by atoms with Crippen molar-refractivity contribution in [3.63, 3.8) is 0 Å². The van der Waals surface area contributed by atoms with E-state index in [4.69, 9.17) is 0 Å². The van der Waals surface area contributed by atoms with Gasteiger partial charge in [-0.15, -0.1) is 0 Å². The Kier molecular flexibility index (Phi) is 4.62. The molecule has 0 saturated heterocycles. The number of carbonyl (C=O) groups is 2. The molecule has 1 heterocycles. The number of likely N-dealkylation sites (N-methyl/N-ethyl adjacent to an activating group) is 1. The fourth-order valence-corrected chi connectivity index (χ4v) is 2.85. The molecule has 0 fully saturated rings. The highest BCUT2D eigenvalue weighted by molar-refractivity contribution is 6.11. The van der Waals surface area contributed by atoms with Crippen molar-refractivity contribution < 1.29 is 9.59 Å². The maximum absolute atomic E-state index is 12.9. The normalized spacial score (nSPS) is 15.0. The second-order valence-corrected chi connectivity index (χ2v) is 6.07. The Bertz CT molecular complexity index is 745. The summed E-state index contributed by atoms with van der Waals surface area (Å²) in [5.41, 5.74) is 2.58. The summed E-state index contributed by atoms with van der Waals surface area (Å²) in [4.78, 5) is 28.4. The van der Waals surface area contributed by atoms with Crippen LogP contribution < -0.4 is 10.2 Å². The third kappa shape index (κ3) is 3.31. The Morgan fingerprint density at radius 3 is 2.58 bits per heavy atom. The van der Waals surface area contributed by atoms with E-state index in [-0.39, 0.29) is 24.4 Å². The van der Waals surface area contributed by atoms with Crippen LogP contribution in [0.5, 0.6) is 0 Å². The number of fused-ring (bicyclic) bond motifs is 1. The van der Waals surface area contributed by atoms with Crippen molar-refractivity contribution in [1.29, 1.82) is 0 Å². The molecule has 1 aliphatic heterocycles. The van der Waals surface area contributed by atoms with Crippen LogP contribution in [0.4, 0.5) is 11.4 Å². The van der Waals surface area contributed by atoms with Crippen LogP contribution in [0.1, 0.15) is 12.5 Å². The summed E-state index contributed by atoms with van der Waals surface area (Å²) >= 11 is 0. The van der Waals surface area contributed by atoms with E-state index in [1.165, 1.54) is 0 Å². The van der Waals surface area contributed by atoms with E-state index in [0.717, 1.165) is 11.3 Å². The van der Waals surface area contributed by atoms with Crippen LogP contribution in [0.2, 0.25) is 0 Å². The highest BCUT2D eigenvalue weighted by Gasteiger charge is 2.31. The smallest absolute Gasteiger partial charge is 0.244 e. The maximum Gasteiger partial charge on any atom is 0.244 e. The monoisotopic (exact) mass is 323 g/mol. The second kappa shape index (κ2) is 6.84. The molecule has 2 aromatic carbocycles. The number of anilines is 2. The quantitative estimate of drug-likeness (QED) is 0.940. The number of carbonyl (C=O) groups excluding carboxylic acids is 2. The van der Waals surface area contributed by atoms with Gasteiger partial charge in [-0.05, 0) is 31.7 Å². The average molecular weight is 323 g/mol. The summed E-state index contributed by atoms with van der Waals surface area (Å²) in [5.74, 6) is -0.240. The van der Waals surface area contributed by atoms with Gasteiger partial charge in [-0.2, -0.15) is 0 Å². The van der Waals surface area contributed by atoms with Gasteiger partial charge in [0.15, 0.2) is 0 Å². The molecule has 1 atom stereocenters. The summed E-state index contributed by atoms with van der Waals surface area (Å²) in [7, 11) is 1.92. The van der Waals surface area contributed by atoms with Gasteiger partial charge in [-0.25, -0.2) is 0 Å². The Morgan fingerprint density at radius 1 is 1.17 bits per heavy atom. The Morgan fingerprint density at radius 2 is 1.83 bits per heavy atom. The minimum Gasteiger partial charge on any atom is -0.323 e. The van der Waals surface area contributed by atoms with Crippen molar-refractivity contribution in [2.45, 2.75) is 19.5 Å². The van der Waals surface area contributed by atoms with Crippen LogP contribution in [0.25, 0.3) is 0 Å². The van der Waals surface area contributed by atoms with E-state index < -0.39 is 0 Å².